The summed E-state index contributed by atoms with van der Waals surface area (Å²) in [6.07, 6.45) is -1.23. The molecule has 0 aliphatic rings. The predicted octanol–water partition coefficient (Wildman–Crippen LogP) is -1.23. The summed E-state index contributed by atoms with van der Waals surface area (Å²) in [5, 5.41) is 8.43. The molecule has 0 spiro atoms. The molecule has 7 heteroatoms. The molecule has 15 heavy (non-hydrogen) atoms. The van der Waals surface area contributed by atoms with Crippen LogP contribution >= 0.6 is 0 Å². The molecule has 0 aromatic carbocycles. The van der Waals surface area contributed by atoms with E-state index in [1.165, 1.54) is 14.0 Å². The minimum Gasteiger partial charge on any atom is -0.465 e. The van der Waals surface area contributed by atoms with Gasteiger partial charge in [-0.3, -0.25) is 20.4 Å². The number of rotatable bonds is 2. The molecule has 0 bridgehead atoms. The van der Waals surface area contributed by atoms with Crippen molar-refractivity contribution in [2.75, 3.05) is 13.6 Å². The SMILES string of the molecule is CC#CC(=O)NNC(=O)CN(C)C(=O)O. The van der Waals surface area contributed by atoms with Gasteiger partial charge in [0.15, 0.2) is 0 Å². The van der Waals surface area contributed by atoms with Crippen LogP contribution in [0.1, 0.15) is 6.92 Å². The first kappa shape index (κ1) is 12.8. The number of hydrazine groups is 1. The Morgan fingerprint density at radius 1 is 1.33 bits per heavy atom. The van der Waals surface area contributed by atoms with Gasteiger partial charge in [0.1, 0.15) is 6.54 Å². The van der Waals surface area contributed by atoms with Crippen molar-refractivity contribution in [1.29, 1.82) is 0 Å². The highest BCUT2D eigenvalue weighted by Gasteiger charge is 2.10. The van der Waals surface area contributed by atoms with E-state index < -0.39 is 17.9 Å². The van der Waals surface area contributed by atoms with Gasteiger partial charge in [-0.25, -0.2) is 4.79 Å². The number of hydrogen-bond donors (Lipinski definition) is 3. The number of likely N-dealkylation sites (N-methyl/N-ethyl adjacent to an activating group) is 1. The van der Waals surface area contributed by atoms with Crippen molar-refractivity contribution in [3.05, 3.63) is 0 Å². The van der Waals surface area contributed by atoms with Crippen molar-refractivity contribution in [3.63, 3.8) is 0 Å². The van der Waals surface area contributed by atoms with Gasteiger partial charge in [0, 0.05) is 7.05 Å². The fourth-order valence-corrected chi connectivity index (χ4v) is 0.594. The van der Waals surface area contributed by atoms with E-state index in [0.29, 0.717) is 0 Å². The first-order chi connectivity index (χ1) is 6.97. The largest absolute Gasteiger partial charge is 0.465 e. The molecule has 0 radical (unpaired) electrons. The molecular formula is C8H11N3O4. The lowest BCUT2D eigenvalue weighted by atomic mass is 10.5. The maximum absolute atomic E-state index is 11.0. The Morgan fingerprint density at radius 2 is 1.93 bits per heavy atom. The summed E-state index contributed by atoms with van der Waals surface area (Å²) in [5.74, 6) is 3.15. The summed E-state index contributed by atoms with van der Waals surface area (Å²) in [6.45, 7) is 1.11. The first-order valence-corrected chi connectivity index (χ1v) is 3.93. The summed E-state index contributed by atoms with van der Waals surface area (Å²) in [5.41, 5.74) is 4.00. The van der Waals surface area contributed by atoms with Crippen LogP contribution in [0.3, 0.4) is 0 Å². The summed E-state index contributed by atoms with van der Waals surface area (Å²) in [6, 6.07) is 0. The second-order valence-corrected chi connectivity index (χ2v) is 2.52. The number of carboxylic acid groups (broad SMARTS) is 1. The Morgan fingerprint density at radius 3 is 2.40 bits per heavy atom. The van der Waals surface area contributed by atoms with E-state index in [1.807, 2.05) is 10.9 Å². The number of nitrogens with one attached hydrogen (secondary N) is 2. The van der Waals surface area contributed by atoms with Crippen LogP contribution in [0.25, 0.3) is 0 Å². The number of nitrogens with zero attached hydrogens (tertiary/aromatic N) is 1. The third-order valence-corrected chi connectivity index (χ3v) is 1.26. The Balaban J connectivity index is 3.89. The lowest BCUT2D eigenvalue weighted by Crippen LogP contribution is -2.46. The summed E-state index contributed by atoms with van der Waals surface area (Å²) < 4.78 is 0. The topological polar surface area (TPSA) is 98.7 Å². The zero-order valence-corrected chi connectivity index (χ0v) is 8.33. The third-order valence-electron chi connectivity index (χ3n) is 1.26. The lowest BCUT2D eigenvalue weighted by molar-refractivity contribution is -0.126. The van der Waals surface area contributed by atoms with Crippen LogP contribution in [0.15, 0.2) is 0 Å². The van der Waals surface area contributed by atoms with Crippen molar-refractivity contribution in [1.82, 2.24) is 15.8 Å². The monoisotopic (exact) mass is 213 g/mol. The van der Waals surface area contributed by atoms with Gasteiger partial charge < -0.3 is 10.0 Å². The van der Waals surface area contributed by atoms with Crippen LogP contribution in [-0.4, -0.2) is 41.5 Å². The molecule has 0 saturated heterocycles. The van der Waals surface area contributed by atoms with E-state index >= 15 is 0 Å². The van der Waals surface area contributed by atoms with Crippen LogP contribution in [0, 0.1) is 11.8 Å². The third kappa shape index (κ3) is 5.93. The smallest absolute Gasteiger partial charge is 0.407 e. The maximum Gasteiger partial charge on any atom is 0.407 e. The number of carbonyl (C=O) groups excluding carboxylic acids is 2. The highest BCUT2D eigenvalue weighted by atomic mass is 16.4. The predicted molar refractivity (Wildman–Crippen MR) is 50.4 cm³/mol. The zero-order chi connectivity index (χ0) is 11.8. The van der Waals surface area contributed by atoms with Crippen LogP contribution in [0.5, 0.6) is 0 Å². The normalized spacial score (nSPS) is 8.13. The van der Waals surface area contributed by atoms with E-state index in [9.17, 15) is 14.4 Å². The van der Waals surface area contributed by atoms with Gasteiger partial charge in [-0.15, -0.1) is 0 Å². The Bertz CT molecular complexity index is 329. The van der Waals surface area contributed by atoms with E-state index in [0.717, 1.165) is 4.90 Å². The second kappa shape index (κ2) is 6.26. The molecule has 82 valence electrons. The zero-order valence-electron chi connectivity index (χ0n) is 8.33. The molecule has 0 aromatic rings. The lowest BCUT2D eigenvalue weighted by Gasteiger charge is -2.12. The Hall–Kier alpha value is -2.23. The van der Waals surface area contributed by atoms with Gasteiger partial charge in [-0.05, 0) is 12.8 Å². The summed E-state index contributed by atoms with van der Waals surface area (Å²) in [4.78, 5) is 32.8. The molecule has 3 N–H and O–H groups in total. The molecule has 0 aliphatic heterocycles. The summed E-state index contributed by atoms with van der Waals surface area (Å²) >= 11 is 0. The molecule has 3 amide bonds. The van der Waals surface area contributed by atoms with Gasteiger partial charge in [0.05, 0.1) is 0 Å². The molecule has 7 nitrogen and oxygen atoms in total. The van der Waals surface area contributed by atoms with Crippen LogP contribution in [-0.2, 0) is 9.59 Å². The quantitative estimate of drug-likeness (QED) is 0.395. The fourth-order valence-electron chi connectivity index (χ4n) is 0.594. The maximum atomic E-state index is 11.0. The van der Waals surface area contributed by atoms with Crippen molar-refractivity contribution in [2.45, 2.75) is 6.92 Å². The highest BCUT2D eigenvalue weighted by Crippen LogP contribution is 1.81. The average Bonchev–Trinajstić information content (AvgIpc) is 2.15. The minimum absolute atomic E-state index is 0.366. The van der Waals surface area contributed by atoms with Gasteiger partial charge in [0.25, 0.3) is 5.91 Å². The van der Waals surface area contributed by atoms with Gasteiger partial charge >= 0.3 is 12.0 Å². The van der Waals surface area contributed by atoms with E-state index in [-0.39, 0.29) is 6.54 Å². The minimum atomic E-state index is -1.23. The molecule has 0 rings (SSSR count). The highest BCUT2D eigenvalue weighted by molar-refractivity contribution is 5.95. The van der Waals surface area contributed by atoms with Crippen LogP contribution < -0.4 is 10.9 Å². The van der Waals surface area contributed by atoms with E-state index in [2.05, 4.69) is 11.8 Å². The number of hydrogen-bond acceptors (Lipinski definition) is 3. The second-order valence-electron chi connectivity index (χ2n) is 2.52. The number of amides is 3. The number of carbonyl (C=O) groups is 3. The molecule has 0 aliphatic carbocycles. The van der Waals surface area contributed by atoms with Gasteiger partial charge in [-0.1, -0.05) is 5.92 Å². The molecule has 0 aromatic heterocycles. The Kier molecular flexibility index (Phi) is 5.33. The molecule has 0 unspecified atom stereocenters. The van der Waals surface area contributed by atoms with Crippen LogP contribution in [0.4, 0.5) is 4.79 Å². The molecule has 0 saturated carbocycles. The Labute approximate surface area is 86.4 Å². The van der Waals surface area contributed by atoms with Crippen molar-refractivity contribution in [3.8, 4) is 11.8 Å². The average molecular weight is 213 g/mol. The standard InChI is InChI=1S/C8H11N3O4/c1-3-4-6(12)9-10-7(13)5-11(2)8(14)15/h5H2,1-2H3,(H,9,12)(H,10,13)(H,14,15). The van der Waals surface area contributed by atoms with Crippen molar-refractivity contribution in [2.24, 2.45) is 0 Å². The van der Waals surface area contributed by atoms with Crippen molar-refractivity contribution >= 4 is 17.9 Å². The van der Waals surface area contributed by atoms with Crippen LogP contribution in [0.2, 0.25) is 0 Å². The molecule has 0 heterocycles. The molecule has 0 fully saturated rings. The summed E-state index contributed by atoms with van der Waals surface area (Å²) in [7, 11) is 1.23. The molecular weight excluding hydrogens is 202 g/mol. The van der Waals surface area contributed by atoms with E-state index in [4.69, 9.17) is 5.11 Å². The fraction of sp³-hybridized carbons (Fsp3) is 0.375. The molecule has 0 atom stereocenters. The first-order valence-electron chi connectivity index (χ1n) is 3.93. The van der Waals surface area contributed by atoms with Gasteiger partial charge in [0.2, 0.25) is 0 Å². The van der Waals surface area contributed by atoms with Gasteiger partial charge in [-0.2, -0.15) is 0 Å². The van der Waals surface area contributed by atoms with E-state index in [1.54, 1.807) is 0 Å². The van der Waals surface area contributed by atoms with Crippen molar-refractivity contribution < 1.29 is 19.5 Å².